The van der Waals surface area contributed by atoms with Crippen molar-refractivity contribution in [3.8, 4) is 0 Å². The average Bonchev–Trinajstić information content (AvgIpc) is 2.40. The highest BCUT2D eigenvalue weighted by atomic mass is 16.7. The highest BCUT2D eigenvalue weighted by molar-refractivity contribution is 5.16. The Kier molecular flexibility index (Phi) is 3.91. The van der Waals surface area contributed by atoms with Gasteiger partial charge in [-0.2, -0.15) is 0 Å². The van der Waals surface area contributed by atoms with Crippen molar-refractivity contribution in [3.05, 3.63) is 81.9 Å². The molecule has 92 valence electrons. The normalized spacial score (nSPS) is 10.0. The van der Waals surface area contributed by atoms with Gasteiger partial charge in [0.15, 0.2) is 5.03 Å². The van der Waals surface area contributed by atoms with E-state index in [1.807, 2.05) is 60.7 Å². The summed E-state index contributed by atoms with van der Waals surface area (Å²) in [6.07, 6.45) is 0. The van der Waals surface area contributed by atoms with Gasteiger partial charge in [0.25, 0.3) is 0 Å². The fourth-order valence-corrected chi connectivity index (χ4v) is 1.76. The van der Waals surface area contributed by atoms with E-state index in [0.29, 0.717) is 13.1 Å². The molecule has 0 aromatic heterocycles. The van der Waals surface area contributed by atoms with Crippen LogP contribution < -0.4 is 0 Å². The topological polar surface area (TPSA) is 46.4 Å². The monoisotopic (exact) mass is 242 g/mol. The van der Waals surface area contributed by atoms with Gasteiger partial charge in [0.05, 0.1) is 0 Å². The van der Waals surface area contributed by atoms with Crippen LogP contribution in [0.5, 0.6) is 0 Å². The minimum absolute atomic E-state index is 0.308. The number of nitrogens with zero attached hydrogens (tertiary/aromatic N) is 2. The molecule has 18 heavy (non-hydrogen) atoms. The van der Waals surface area contributed by atoms with Crippen molar-refractivity contribution >= 4 is 0 Å². The third-order valence-corrected chi connectivity index (χ3v) is 2.65. The lowest BCUT2D eigenvalue weighted by molar-refractivity contribution is -0.663. The van der Waals surface area contributed by atoms with Gasteiger partial charge < -0.3 is 0 Å². The summed E-state index contributed by atoms with van der Waals surface area (Å²) in [5.74, 6) is 0. The van der Waals surface area contributed by atoms with Crippen LogP contribution in [0.25, 0.3) is 0 Å². The van der Waals surface area contributed by atoms with Crippen molar-refractivity contribution in [1.29, 1.82) is 0 Å². The molecule has 0 amide bonds. The Hall–Kier alpha value is -2.36. The lowest BCUT2D eigenvalue weighted by Crippen LogP contribution is -2.28. The van der Waals surface area contributed by atoms with Crippen LogP contribution in [0, 0.1) is 10.1 Å². The highest BCUT2D eigenvalue weighted by Gasteiger charge is 2.14. The van der Waals surface area contributed by atoms with E-state index in [9.17, 15) is 10.1 Å². The first kappa shape index (κ1) is 12.1. The lowest BCUT2D eigenvalue weighted by atomic mass is 10.2. The summed E-state index contributed by atoms with van der Waals surface area (Å²) in [6, 6.07) is 18.9. The van der Waals surface area contributed by atoms with E-state index in [1.165, 1.54) is 5.01 Å². The molecule has 0 saturated heterocycles. The average molecular weight is 242 g/mol. The van der Waals surface area contributed by atoms with Gasteiger partial charge in [-0.05, 0) is 11.1 Å². The Morgan fingerprint density at radius 2 is 1.22 bits per heavy atom. The highest BCUT2D eigenvalue weighted by Crippen LogP contribution is 2.09. The van der Waals surface area contributed by atoms with E-state index < -0.39 is 0 Å². The Morgan fingerprint density at radius 3 is 1.56 bits per heavy atom. The first-order valence-electron chi connectivity index (χ1n) is 5.73. The molecule has 0 atom stereocenters. The molecule has 0 bridgehead atoms. The largest absolute Gasteiger partial charge is 0.235 e. The summed E-state index contributed by atoms with van der Waals surface area (Å²) in [7, 11) is 0. The summed E-state index contributed by atoms with van der Waals surface area (Å²) < 4.78 is 0. The van der Waals surface area contributed by atoms with Crippen molar-refractivity contribution in [2.45, 2.75) is 13.1 Å². The molecular weight excluding hydrogens is 228 g/mol. The number of hydrazine groups is 1. The van der Waals surface area contributed by atoms with Crippen LogP contribution in [-0.4, -0.2) is 10.0 Å². The molecule has 0 unspecified atom stereocenters. The van der Waals surface area contributed by atoms with E-state index in [4.69, 9.17) is 0 Å². The summed E-state index contributed by atoms with van der Waals surface area (Å²) in [6.45, 7) is 0.617. The minimum Gasteiger partial charge on any atom is -0.235 e. The fourth-order valence-electron chi connectivity index (χ4n) is 1.76. The van der Waals surface area contributed by atoms with Crippen molar-refractivity contribution in [1.82, 2.24) is 5.01 Å². The third-order valence-electron chi connectivity index (χ3n) is 2.65. The van der Waals surface area contributed by atoms with Gasteiger partial charge in [-0.3, -0.25) is 0 Å². The summed E-state index contributed by atoms with van der Waals surface area (Å²) >= 11 is 0. The molecule has 0 heterocycles. The van der Waals surface area contributed by atoms with Gasteiger partial charge >= 0.3 is 0 Å². The summed E-state index contributed by atoms with van der Waals surface area (Å²) in [5.41, 5.74) is 1.87. The van der Waals surface area contributed by atoms with Crippen LogP contribution in [0.4, 0.5) is 0 Å². The standard InChI is InChI=1S/C14H14N2O2/c17-16(18)15(11-13-7-3-1-4-8-13)12-14-9-5-2-6-10-14/h1-10H,11-12H2. The molecule has 0 aliphatic carbocycles. The van der Waals surface area contributed by atoms with Crippen molar-refractivity contribution in [2.75, 3.05) is 0 Å². The molecule has 2 aromatic rings. The second-order valence-electron chi connectivity index (χ2n) is 4.03. The second kappa shape index (κ2) is 5.82. The molecule has 0 N–H and O–H groups in total. The lowest BCUT2D eigenvalue weighted by Gasteiger charge is -2.14. The molecule has 0 aliphatic rings. The van der Waals surface area contributed by atoms with E-state index in [2.05, 4.69) is 0 Å². The minimum atomic E-state index is -0.347. The van der Waals surface area contributed by atoms with Crippen LogP contribution >= 0.6 is 0 Å². The molecule has 4 heteroatoms. The molecule has 0 aliphatic heterocycles. The molecule has 0 saturated carbocycles. The van der Waals surface area contributed by atoms with Crippen LogP contribution in [0.1, 0.15) is 11.1 Å². The van der Waals surface area contributed by atoms with Crippen LogP contribution in [0.15, 0.2) is 60.7 Å². The van der Waals surface area contributed by atoms with Gasteiger partial charge in [-0.1, -0.05) is 60.7 Å². The maximum absolute atomic E-state index is 11.0. The zero-order chi connectivity index (χ0) is 12.8. The van der Waals surface area contributed by atoms with Crippen LogP contribution in [0.2, 0.25) is 0 Å². The quantitative estimate of drug-likeness (QED) is 0.598. The van der Waals surface area contributed by atoms with Crippen molar-refractivity contribution in [2.24, 2.45) is 0 Å². The zero-order valence-electron chi connectivity index (χ0n) is 9.90. The van der Waals surface area contributed by atoms with Crippen LogP contribution in [0.3, 0.4) is 0 Å². The Morgan fingerprint density at radius 1 is 0.833 bits per heavy atom. The van der Waals surface area contributed by atoms with Crippen molar-refractivity contribution < 1.29 is 5.03 Å². The number of hydrogen-bond donors (Lipinski definition) is 0. The van der Waals surface area contributed by atoms with E-state index in [1.54, 1.807) is 0 Å². The molecular formula is C14H14N2O2. The van der Waals surface area contributed by atoms with Gasteiger partial charge in [0.2, 0.25) is 0 Å². The van der Waals surface area contributed by atoms with Gasteiger partial charge in [-0.25, -0.2) is 10.1 Å². The smallest absolute Gasteiger partial charge is 0.160 e. The predicted octanol–water partition coefficient (Wildman–Crippen LogP) is 2.88. The second-order valence-corrected chi connectivity index (χ2v) is 4.03. The predicted molar refractivity (Wildman–Crippen MR) is 69.1 cm³/mol. The number of hydrogen-bond acceptors (Lipinski definition) is 2. The van der Waals surface area contributed by atoms with Crippen LogP contribution in [-0.2, 0) is 13.1 Å². The molecule has 0 radical (unpaired) electrons. The fraction of sp³-hybridized carbons (Fsp3) is 0.143. The molecule has 2 aromatic carbocycles. The first-order chi connectivity index (χ1) is 8.75. The number of benzene rings is 2. The number of nitro groups is 1. The summed E-state index contributed by atoms with van der Waals surface area (Å²) in [4.78, 5) is 11.0. The van der Waals surface area contributed by atoms with Gasteiger partial charge in [0, 0.05) is 0 Å². The summed E-state index contributed by atoms with van der Waals surface area (Å²) in [5, 5.41) is 11.9. The molecule has 4 nitrogen and oxygen atoms in total. The molecule has 2 rings (SSSR count). The van der Waals surface area contributed by atoms with Crippen molar-refractivity contribution in [3.63, 3.8) is 0 Å². The Bertz CT molecular complexity index is 458. The van der Waals surface area contributed by atoms with Gasteiger partial charge in [-0.15, -0.1) is 5.01 Å². The molecule has 0 fully saturated rings. The SMILES string of the molecule is O=[N+]([O-])N(Cc1ccccc1)Cc1ccccc1. The maximum Gasteiger partial charge on any atom is 0.160 e. The number of rotatable bonds is 5. The van der Waals surface area contributed by atoms with E-state index in [0.717, 1.165) is 11.1 Å². The van der Waals surface area contributed by atoms with Gasteiger partial charge in [0.1, 0.15) is 13.1 Å². The van der Waals surface area contributed by atoms with E-state index >= 15 is 0 Å². The molecule has 0 spiro atoms. The Labute approximate surface area is 106 Å². The maximum atomic E-state index is 11.0. The Balaban J connectivity index is 2.08. The third kappa shape index (κ3) is 3.31. The van der Waals surface area contributed by atoms with E-state index in [-0.39, 0.29) is 5.03 Å². The zero-order valence-corrected chi connectivity index (χ0v) is 9.90. The first-order valence-corrected chi connectivity index (χ1v) is 5.73.